The van der Waals surface area contributed by atoms with Crippen molar-refractivity contribution in [2.24, 2.45) is 0 Å². The Morgan fingerprint density at radius 2 is 0.727 bits per heavy atom. The Kier molecular flexibility index (Phi) is 34.6. The fourth-order valence-corrected chi connectivity index (χ4v) is 20.8. The number of ether oxygens (including phenoxy) is 1. The number of hydrogen-bond donors (Lipinski definition) is 0. The molecule has 612 valence electrons. The number of hydrogen-bond acceptors (Lipinski definition) is 19. The minimum atomic E-state index is -4.46. The molecule has 6 saturated heterocycles. The molecule has 0 aromatic heterocycles. The molecule has 6 heterocycles. The monoisotopic (exact) mass is 1760 g/mol. The van der Waals surface area contributed by atoms with Gasteiger partial charge in [0.05, 0.1) is 127 Å². The van der Waals surface area contributed by atoms with E-state index in [1.54, 1.807) is 79.7 Å². The van der Waals surface area contributed by atoms with Crippen molar-refractivity contribution in [3.63, 3.8) is 0 Å². The van der Waals surface area contributed by atoms with Gasteiger partial charge in [-0.15, -0.1) is 0 Å². The summed E-state index contributed by atoms with van der Waals surface area (Å²) >= 11 is 8.98. The van der Waals surface area contributed by atoms with Gasteiger partial charge < -0.3 is 59.0 Å². The van der Waals surface area contributed by atoms with E-state index in [0.29, 0.717) is 71.9 Å². The van der Waals surface area contributed by atoms with Crippen LogP contribution in [-0.4, -0.2) is 80.7 Å². The molecule has 6 aromatic rings. The topological polar surface area (TPSA) is 222 Å². The zero-order chi connectivity index (χ0) is 81.5. The second-order valence-corrected chi connectivity index (χ2v) is 44.4. The van der Waals surface area contributed by atoms with Crippen LogP contribution in [0.5, 0.6) is 5.75 Å². The van der Waals surface area contributed by atoms with Crippen molar-refractivity contribution in [3.05, 3.63) is 205 Å². The summed E-state index contributed by atoms with van der Waals surface area (Å²) in [6.07, 6.45) is -4.78. The van der Waals surface area contributed by atoms with Gasteiger partial charge >= 0.3 is 51.8 Å². The first-order chi connectivity index (χ1) is 51.5. The highest BCUT2D eigenvalue weighted by Gasteiger charge is 2.45. The maximum Gasteiger partial charge on any atom is 0.416 e. The molecule has 0 radical (unpaired) electrons. The lowest BCUT2D eigenvalue weighted by Gasteiger charge is -2.33. The summed E-state index contributed by atoms with van der Waals surface area (Å²) in [6, 6.07) is 28.9. The van der Waals surface area contributed by atoms with Crippen molar-refractivity contribution in [2.45, 2.75) is 198 Å². The zero-order valence-electron chi connectivity index (χ0n) is 63.1. The standard InChI is InChI=1S/C13H16F3O3P.C13H18FO4P.C12H15BrFO3P.C12H16ClO3P.2C12H15F2O3P/c1-9(2)20(17)18-8-7-12(19-20)10-5-3-4-6-11(10)13(14,15)16;1-9(2)19(15)17-7-6-13(18-19)11-8-10(16-3)4-5-12(11)14;1-8(2)18(15)16-6-5-12(17-18)9-3-4-11(14)10(13)7-9;1-9(2)17(14)15-8-7-12(16-17)10-3-5-11(13)6-4-10;1-8(2)18(15)16-4-3-12(17-18)9-5-10(13)7-11(14)6-9;1-8(2)18(15)16-7-6-11(17-18)9-4-3-5-10(13)12(9)14/h3-6,9,12H,7-8H2,1-2H3;4-5,8-9,13H,6-7H2,1-3H3;3-4,7-8,12H,5-6H2,1-2H3;3-6,9,12H,7-8H2,1-2H3;5-8,12H,3-4H2,1-2H3;3-5,8,11H,6-7H2,1-2H3. The lowest BCUT2D eigenvalue weighted by molar-refractivity contribution is -0.139. The Morgan fingerprint density at radius 3 is 1.13 bits per heavy atom. The number of benzene rings is 6. The average Bonchev–Trinajstić information content (AvgIpc) is 0.844. The van der Waals surface area contributed by atoms with Crippen LogP contribution in [0, 0.1) is 34.9 Å². The normalized spacial score (nSPS) is 28.4. The highest BCUT2D eigenvalue weighted by molar-refractivity contribution is 9.10. The smallest absolute Gasteiger partial charge is 0.416 e. The van der Waals surface area contributed by atoms with E-state index >= 15 is 0 Å². The van der Waals surface area contributed by atoms with Crippen LogP contribution in [0.15, 0.2) is 126 Å². The molecule has 12 unspecified atom stereocenters. The highest BCUT2D eigenvalue weighted by Crippen LogP contribution is 2.65. The lowest BCUT2D eigenvalue weighted by Crippen LogP contribution is -2.21. The third-order valence-corrected chi connectivity index (χ3v) is 32.6. The number of rotatable bonds is 13. The fraction of sp³-hybridized carbons (Fsp3) is 0.514. The minimum Gasteiger partial charge on any atom is -0.497 e. The van der Waals surface area contributed by atoms with Crippen molar-refractivity contribution in [1.82, 2.24) is 0 Å². The Labute approximate surface area is 650 Å². The number of alkyl halides is 3. The Bertz CT molecular complexity index is 4310. The number of methoxy groups -OCH3 is 1. The predicted molar refractivity (Wildman–Crippen MR) is 405 cm³/mol. The predicted octanol–water partition coefficient (Wildman–Crippen LogP) is 25.9. The molecule has 0 amide bonds. The largest absolute Gasteiger partial charge is 0.497 e. The second kappa shape index (κ2) is 40.8. The van der Waals surface area contributed by atoms with Crippen LogP contribution in [0.1, 0.15) is 197 Å². The van der Waals surface area contributed by atoms with Crippen LogP contribution >= 0.6 is 73.1 Å². The van der Waals surface area contributed by atoms with E-state index in [0.717, 1.165) is 35.7 Å². The third kappa shape index (κ3) is 25.3. The molecular weight excluding hydrogens is 1660 g/mol. The second-order valence-electron chi connectivity index (χ2n) is 27.6. The Balaban J connectivity index is 0.000000184. The summed E-state index contributed by atoms with van der Waals surface area (Å²) in [7, 11) is -17.4. The van der Waals surface area contributed by atoms with Crippen molar-refractivity contribution in [3.8, 4) is 5.75 Å². The van der Waals surface area contributed by atoms with E-state index in [9.17, 15) is 66.9 Å². The first-order valence-electron chi connectivity index (χ1n) is 35.6. The first-order valence-corrected chi connectivity index (χ1v) is 46.5. The molecule has 36 heteroatoms. The molecule has 6 aromatic carbocycles. The van der Waals surface area contributed by atoms with Crippen LogP contribution in [-0.2, 0) is 87.9 Å². The van der Waals surface area contributed by atoms with Crippen LogP contribution in [0.4, 0.5) is 39.5 Å². The summed E-state index contributed by atoms with van der Waals surface area (Å²) in [5.74, 6) is -3.37. The van der Waals surface area contributed by atoms with Crippen LogP contribution in [0.25, 0.3) is 0 Å². The Hall–Kier alpha value is -3.84. The van der Waals surface area contributed by atoms with Gasteiger partial charge in [-0.2, -0.15) is 13.2 Å². The maximum atomic E-state index is 13.9. The highest BCUT2D eigenvalue weighted by atomic mass is 79.9. The molecule has 6 aliphatic heterocycles. The van der Waals surface area contributed by atoms with Crippen LogP contribution in [0.2, 0.25) is 5.02 Å². The van der Waals surface area contributed by atoms with Gasteiger partial charge in [0.25, 0.3) is 0 Å². The molecule has 6 fully saturated rings. The average molecular weight is 1760 g/mol. The van der Waals surface area contributed by atoms with Crippen LogP contribution in [0.3, 0.4) is 0 Å². The van der Waals surface area contributed by atoms with Gasteiger partial charge in [0, 0.05) is 60.7 Å². The van der Waals surface area contributed by atoms with Gasteiger partial charge in [-0.25, -0.2) is 26.3 Å². The third-order valence-electron chi connectivity index (χ3n) is 17.7. The van der Waals surface area contributed by atoms with E-state index < -0.39 is 105 Å². The van der Waals surface area contributed by atoms with Gasteiger partial charge in [-0.3, -0.25) is 27.4 Å². The van der Waals surface area contributed by atoms with Crippen molar-refractivity contribution in [1.29, 1.82) is 0 Å². The molecule has 110 heavy (non-hydrogen) atoms. The molecule has 0 aliphatic carbocycles. The fourth-order valence-electron chi connectivity index (χ4n) is 11.1. The molecule has 0 N–H and O–H groups in total. The molecule has 0 spiro atoms. The SMILES string of the molecule is CC(C)P1(=O)OCCC(c2cc(F)cc(F)c2)O1.CC(C)P1(=O)OCCC(c2ccc(Cl)cc2)O1.CC(C)P1(=O)OCCC(c2ccc(F)c(Br)c2)O1.CC(C)P1(=O)OCCC(c2cccc(F)c2F)O1.CC(C)P1(=O)OCCC(c2ccccc2C(F)(F)F)O1.COc1ccc(F)c(C2CCOP(=O)(C(C)C)O2)c1. The van der Waals surface area contributed by atoms with E-state index in [4.69, 9.17) is 70.6 Å². The molecule has 19 nitrogen and oxygen atoms in total. The molecule has 0 bridgehead atoms. The Morgan fingerprint density at radius 1 is 0.382 bits per heavy atom. The van der Waals surface area contributed by atoms with Crippen molar-refractivity contribution < 1.29 is 126 Å². The summed E-state index contributed by atoms with van der Waals surface area (Å²) in [5.41, 5.74) is 0.390. The van der Waals surface area contributed by atoms with E-state index in [1.807, 2.05) is 52.0 Å². The number of halogens is 11. The maximum absolute atomic E-state index is 13.9. The summed E-state index contributed by atoms with van der Waals surface area (Å²) in [6.45, 7) is 22.9. The van der Waals surface area contributed by atoms with Crippen molar-refractivity contribution in [2.75, 3.05) is 46.8 Å². The van der Waals surface area contributed by atoms with Gasteiger partial charge in [-0.05, 0) is 105 Å². The van der Waals surface area contributed by atoms with Gasteiger partial charge in [-0.1, -0.05) is 143 Å². The summed E-state index contributed by atoms with van der Waals surface area (Å²) in [5, 5.41) is 0.688. The first kappa shape index (κ1) is 93.3. The van der Waals surface area contributed by atoms with E-state index in [1.165, 1.54) is 61.7 Å². The summed E-state index contributed by atoms with van der Waals surface area (Å²) < 4.78 is 263. The zero-order valence-corrected chi connectivity index (χ0v) is 70.8. The van der Waals surface area contributed by atoms with Crippen molar-refractivity contribution >= 4 is 73.1 Å². The van der Waals surface area contributed by atoms with Crippen LogP contribution < -0.4 is 4.74 Å². The summed E-state index contributed by atoms with van der Waals surface area (Å²) in [4.78, 5) is 0. The van der Waals surface area contributed by atoms with Gasteiger partial charge in [0.1, 0.15) is 29.0 Å². The quantitative estimate of drug-likeness (QED) is 0.0774. The molecule has 6 aliphatic rings. The molecule has 12 atom stereocenters. The van der Waals surface area contributed by atoms with E-state index in [2.05, 4.69) is 15.9 Å². The minimum absolute atomic E-state index is 0.0178. The molecule has 0 saturated carbocycles. The van der Waals surface area contributed by atoms with Gasteiger partial charge in [0.15, 0.2) is 11.6 Å². The lowest BCUT2D eigenvalue weighted by atomic mass is 10.00. The van der Waals surface area contributed by atoms with E-state index in [-0.39, 0.29) is 95.2 Å². The van der Waals surface area contributed by atoms with Gasteiger partial charge in [0.2, 0.25) is 0 Å². The molecule has 12 rings (SSSR count). The molecular formula is C74H95BrClF9O19P6.